The third-order valence-corrected chi connectivity index (χ3v) is 2.16. The summed E-state index contributed by atoms with van der Waals surface area (Å²) >= 11 is 3.33. The molecule has 1 aromatic carbocycles. The highest BCUT2D eigenvalue weighted by atomic mass is 79.9. The second kappa shape index (κ2) is 5.17. The number of halogens is 1. The SMILES string of the molecule is C=C(C)COc1ccc(Br)cc1CO. The van der Waals surface area contributed by atoms with Crippen molar-refractivity contribution >= 4 is 15.9 Å². The van der Waals surface area contributed by atoms with Gasteiger partial charge in [0.15, 0.2) is 0 Å². The van der Waals surface area contributed by atoms with Crippen LogP contribution in [0.5, 0.6) is 5.75 Å². The maximum absolute atomic E-state index is 9.08. The Labute approximate surface area is 92.3 Å². The van der Waals surface area contributed by atoms with Crippen molar-refractivity contribution in [3.8, 4) is 5.75 Å². The molecule has 0 spiro atoms. The summed E-state index contributed by atoms with van der Waals surface area (Å²) in [6.07, 6.45) is 0. The van der Waals surface area contributed by atoms with Gasteiger partial charge in [0.2, 0.25) is 0 Å². The molecule has 3 heteroatoms. The lowest BCUT2D eigenvalue weighted by Crippen LogP contribution is -2.00. The fourth-order valence-electron chi connectivity index (χ4n) is 1.01. The monoisotopic (exact) mass is 256 g/mol. The molecule has 1 N–H and O–H groups in total. The van der Waals surface area contributed by atoms with Crippen molar-refractivity contribution in [2.24, 2.45) is 0 Å². The smallest absolute Gasteiger partial charge is 0.125 e. The van der Waals surface area contributed by atoms with Crippen LogP contribution in [0.1, 0.15) is 12.5 Å². The molecule has 76 valence electrons. The number of rotatable bonds is 4. The number of benzene rings is 1. The fourth-order valence-corrected chi connectivity index (χ4v) is 1.42. The molecule has 1 rings (SSSR count). The minimum absolute atomic E-state index is 0.0229. The van der Waals surface area contributed by atoms with Gasteiger partial charge in [0.1, 0.15) is 12.4 Å². The summed E-state index contributed by atoms with van der Waals surface area (Å²) in [5.41, 5.74) is 1.73. The molecule has 0 fully saturated rings. The van der Waals surface area contributed by atoms with E-state index in [1.807, 2.05) is 25.1 Å². The number of ether oxygens (including phenoxy) is 1. The molecular weight excluding hydrogens is 244 g/mol. The zero-order valence-electron chi connectivity index (χ0n) is 8.09. The minimum Gasteiger partial charge on any atom is -0.489 e. The lowest BCUT2D eigenvalue weighted by molar-refractivity contribution is 0.268. The highest BCUT2D eigenvalue weighted by Gasteiger charge is 2.03. The first-order chi connectivity index (χ1) is 6.63. The Morgan fingerprint density at radius 3 is 2.86 bits per heavy atom. The van der Waals surface area contributed by atoms with Crippen molar-refractivity contribution in [2.45, 2.75) is 13.5 Å². The van der Waals surface area contributed by atoms with Gasteiger partial charge in [-0.3, -0.25) is 0 Å². The largest absolute Gasteiger partial charge is 0.489 e. The van der Waals surface area contributed by atoms with E-state index in [1.54, 1.807) is 0 Å². The standard InChI is InChI=1S/C11H13BrO2/c1-8(2)7-14-11-4-3-10(12)5-9(11)6-13/h3-5,13H,1,6-7H2,2H3. The molecule has 0 aliphatic rings. The summed E-state index contributed by atoms with van der Waals surface area (Å²) in [5.74, 6) is 0.707. The summed E-state index contributed by atoms with van der Waals surface area (Å²) in [5, 5.41) is 9.08. The first kappa shape index (κ1) is 11.3. The Bertz CT molecular complexity index is 334. The highest BCUT2D eigenvalue weighted by Crippen LogP contribution is 2.23. The average Bonchev–Trinajstić information content (AvgIpc) is 2.15. The van der Waals surface area contributed by atoms with E-state index in [2.05, 4.69) is 22.5 Å². The van der Waals surface area contributed by atoms with E-state index in [0.717, 1.165) is 15.6 Å². The van der Waals surface area contributed by atoms with Crippen molar-refractivity contribution in [1.29, 1.82) is 0 Å². The van der Waals surface area contributed by atoms with Crippen molar-refractivity contribution in [3.05, 3.63) is 40.4 Å². The fraction of sp³-hybridized carbons (Fsp3) is 0.273. The van der Waals surface area contributed by atoms with E-state index in [0.29, 0.717) is 12.4 Å². The van der Waals surface area contributed by atoms with E-state index in [-0.39, 0.29) is 6.61 Å². The molecule has 0 aliphatic carbocycles. The normalized spacial score (nSPS) is 9.93. The summed E-state index contributed by atoms with van der Waals surface area (Å²) < 4.78 is 6.40. The Hall–Kier alpha value is -0.800. The molecule has 0 aromatic heterocycles. The number of hydrogen-bond donors (Lipinski definition) is 1. The lowest BCUT2D eigenvalue weighted by atomic mass is 10.2. The maximum atomic E-state index is 9.08. The van der Waals surface area contributed by atoms with E-state index >= 15 is 0 Å². The van der Waals surface area contributed by atoms with Crippen molar-refractivity contribution in [1.82, 2.24) is 0 Å². The summed E-state index contributed by atoms with van der Waals surface area (Å²) in [6, 6.07) is 5.55. The zero-order chi connectivity index (χ0) is 10.6. The summed E-state index contributed by atoms with van der Waals surface area (Å²) in [7, 11) is 0. The van der Waals surface area contributed by atoms with Gasteiger partial charge in [0.25, 0.3) is 0 Å². The van der Waals surface area contributed by atoms with Gasteiger partial charge in [-0.25, -0.2) is 0 Å². The minimum atomic E-state index is -0.0229. The maximum Gasteiger partial charge on any atom is 0.125 e. The van der Waals surface area contributed by atoms with Crippen LogP contribution in [-0.4, -0.2) is 11.7 Å². The molecule has 0 amide bonds. The quantitative estimate of drug-likeness (QED) is 0.840. The molecule has 0 radical (unpaired) electrons. The molecule has 14 heavy (non-hydrogen) atoms. The van der Waals surface area contributed by atoms with Crippen LogP contribution in [0.25, 0.3) is 0 Å². The molecule has 0 saturated heterocycles. The number of aliphatic hydroxyl groups excluding tert-OH is 1. The van der Waals surface area contributed by atoms with Gasteiger partial charge in [-0.05, 0) is 30.7 Å². The van der Waals surface area contributed by atoms with Gasteiger partial charge in [-0.15, -0.1) is 0 Å². The van der Waals surface area contributed by atoms with Crippen molar-refractivity contribution < 1.29 is 9.84 Å². The molecule has 0 unspecified atom stereocenters. The van der Waals surface area contributed by atoms with Crippen LogP contribution in [0, 0.1) is 0 Å². The Kier molecular flexibility index (Phi) is 4.17. The Morgan fingerprint density at radius 2 is 2.29 bits per heavy atom. The predicted octanol–water partition coefficient (Wildman–Crippen LogP) is 2.90. The van der Waals surface area contributed by atoms with Gasteiger partial charge >= 0.3 is 0 Å². The molecule has 2 nitrogen and oxygen atoms in total. The molecule has 0 heterocycles. The second-order valence-electron chi connectivity index (χ2n) is 3.16. The first-order valence-corrected chi connectivity index (χ1v) is 5.09. The van der Waals surface area contributed by atoms with Gasteiger partial charge in [0, 0.05) is 10.0 Å². The van der Waals surface area contributed by atoms with Crippen molar-refractivity contribution in [2.75, 3.05) is 6.61 Å². The zero-order valence-corrected chi connectivity index (χ0v) is 9.67. The lowest BCUT2D eigenvalue weighted by Gasteiger charge is -2.10. The molecule has 0 aliphatic heterocycles. The van der Waals surface area contributed by atoms with E-state index in [1.165, 1.54) is 0 Å². The van der Waals surface area contributed by atoms with Crippen LogP contribution in [0.15, 0.2) is 34.8 Å². The first-order valence-electron chi connectivity index (χ1n) is 4.30. The van der Waals surface area contributed by atoms with Gasteiger partial charge < -0.3 is 9.84 Å². The molecule has 0 atom stereocenters. The van der Waals surface area contributed by atoms with Crippen LogP contribution < -0.4 is 4.74 Å². The molecular formula is C11H13BrO2. The molecule has 0 bridgehead atoms. The second-order valence-corrected chi connectivity index (χ2v) is 4.07. The van der Waals surface area contributed by atoms with E-state index in [4.69, 9.17) is 9.84 Å². The molecule has 1 aromatic rings. The van der Waals surface area contributed by atoms with Crippen LogP contribution >= 0.6 is 15.9 Å². The Balaban J connectivity index is 2.80. The molecule has 0 saturated carbocycles. The Morgan fingerprint density at radius 1 is 1.57 bits per heavy atom. The van der Waals surface area contributed by atoms with Crippen LogP contribution in [0.4, 0.5) is 0 Å². The predicted molar refractivity (Wildman–Crippen MR) is 60.4 cm³/mol. The van der Waals surface area contributed by atoms with Gasteiger partial charge in [0.05, 0.1) is 6.61 Å². The highest BCUT2D eigenvalue weighted by molar-refractivity contribution is 9.10. The van der Waals surface area contributed by atoms with Gasteiger partial charge in [-0.1, -0.05) is 22.5 Å². The number of aliphatic hydroxyl groups is 1. The third kappa shape index (κ3) is 3.16. The van der Waals surface area contributed by atoms with Crippen LogP contribution in [-0.2, 0) is 6.61 Å². The van der Waals surface area contributed by atoms with Crippen LogP contribution in [0.3, 0.4) is 0 Å². The topological polar surface area (TPSA) is 29.5 Å². The number of hydrogen-bond acceptors (Lipinski definition) is 2. The van der Waals surface area contributed by atoms with Crippen molar-refractivity contribution in [3.63, 3.8) is 0 Å². The average molecular weight is 257 g/mol. The third-order valence-electron chi connectivity index (χ3n) is 1.67. The summed E-state index contributed by atoms with van der Waals surface area (Å²) in [6.45, 7) is 6.10. The summed E-state index contributed by atoms with van der Waals surface area (Å²) in [4.78, 5) is 0. The van der Waals surface area contributed by atoms with Gasteiger partial charge in [-0.2, -0.15) is 0 Å². The van der Waals surface area contributed by atoms with E-state index in [9.17, 15) is 0 Å². The van der Waals surface area contributed by atoms with Crippen LogP contribution in [0.2, 0.25) is 0 Å². The van der Waals surface area contributed by atoms with E-state index < -0.39 is 0 Å².